The van der Waals surface area contributed by atoms with Gasteiger partial charge in [-0.25, -0.2) is 0 Å². The Bertz CT molecular complexity index is 820. The largest absolute Gasteiger partial charge is 0.461 e. The molecule has 0 bridgehead atoms. The number of benzene rings is 2. The summed E-state index contributed by atoms with van der Waals surface area (Å²) in [6, 6.07) is 16.3. The van der Waals surface area contributed by atoms with E-state index in [1.165, 1.54) is 9.80 Å². The van der Waals surface area contributed by atoms with Crippen LogP contribution in [0.1, 0.15) is 22.3 Å². The average Bonchev–Trinajstić information content (AvgIpc) is 2.75. The molecule has 0 radical (unpaired) electrons. The lowest BCUT2D eigenvalue weighted by Gasteiger charge is -2.21. The zero-order chi connectivity index (χ0) is 18.5. The predicted molar refractivity (Wildman–Crippen MR) is 96.6 cm³/mol. The Hall–Kier alpha value is -3.15. The van der Waals surface area contributed by atoms with Crippen molar-refractivity contribution in [3.63, 3.8) is 0 Å². The number of para-hydroxylation sites is 1. The van der Waals surface area contributed by atoms with Crippen LogP contribution in [0.15, 0.2) is 54.6 Å². The average molecular weight is 352 g/mol. The number of likely N-dealkylation sites (N-methyl/N-ethyl adjacent to an activating group) is 1. The van der Waals surface area contributed by atoms with Crippen molar-refractivity contribution in [3.05, 3.63) is 65.7 Å². The number of hydrogen-bond donors (Lipinski definition) is 0. The van der Waals surface area contributed by atoms with Crippen LogP contribution in [-0.4, -0.2) is 42.8 Å². The summed E-state index contributed by atoms with van der Waals surface area (Å²) in [4.78, 5) is 39.8. The first-order chi connectivity index (χ1) is 12.6. The quantitative estimate of drug-likeness (QED) is 0.774. The monoisotopic (exact) mass is 352 g/mol. The fourth-order valence-electron chi connectivity index (χ4n) is 2.85. The van der Waals surface area contributed by atoms with Gasteiger partial charge in [-0.15, -0.1) is 0 Å². The molecule has 1 aliphatic heterocycles. The molecule has 0 atom stereocenters. The molecule has 26 heavy (non-hydrogen) atoms. The number of amides is 2. The summed E-state index contributed by atoms with van der Waals surface area (Å²) >= 11 is 0. The number of rotatable bonds is 5. The van der Waals surface area contributed by atoms with Gasteiger partial charge in [0.05, 0.1) is 17.7 Å². The maximum atomic E-state index is 12.5. The van der Waals surface area contributed by atoms with Crippen LogP contribution in [0.5, 0.6) is 0 Å². The van der Waals surface area contributed by atoms with Gasteiger partial charge < -0.3 is 14.5 Å². The second-order valence-electron chi connectivity index (χ2n) is 6.12. The van der Waals surface area contributed by atoms with Gasteiger partial charge in [-0.05, 0) is 17.7 Å². The van der Waals surface area contributed by atoms with Gasteiger partial charge in [0, 0.05) is 13.6 Å². The summed E-state index contributed by atoms with van der Waals surface area (Å²) in [5.41, 5.74) is 1.89. The minimum atomic E-state index is -0.386. The molecule has 6 heteroatoms. The van der Waals surface area contributed by atoms with E-state index < -0.39 is 0 Å². The lowest BCUT2D eigenvalue weighted by molar-refractivity contribution is -0.144. The van der Waals surface area contributed by atoms with Crippen molar-refractivity contribution < 1.29 is 19.1 Å². The molecule has 0 saturated heterocycles. The third kappa shape index (κ3) is 3.91. The highest BCUT2D eigenvalue weighted by Gasteiger charge is 2.29. The number of fused-ring (bicyclic) bond motifs is 1. The van der Waals surface area contributed by atoms with Crippen molar-refractivity contribution in [3.8, 4) is 0 Å². The molecule has 0 aromatic heterocycles. The number of carbonyl (C=O) groups is 3. The summed E-state index contributed by atoms with van der Waals surface area (Å²) in [7, 11) is 1.59. The van der Waals surface area contributed by atoms with Crippen LogP contribution in [-0.2, 0) is 20.9 Å². The van der Waals surface area contributed by atoms with Crippen LogP contribution < -0.4 is 4.90 Å². The molecule has 2 aromatic rings. The Morgan fingerprint density at radius 1 is 1.04 bits per heavy atom. The SMILES string of the molecule is CN1CC(=O)N(CCC(=O)OCc2ccccc2)c2ccccc2C1=O. The molecule has 0 spiro atoms. The Balaban J connectivity index is 1.66. The van der Waals surface area contributed by atoms with Crippen LogP contribution in [0, 0.1) is 0 Å². The van der Waals surface area contributed by atoms with Gasteiger partial charge in [-0.1, -0.05) is 42.5 Å². The summed E-state index contributed by atoms with van der Waals surface area (Å²) in [5, 5.41) is 0. The highest BCUT2D eigenvalue weighted by Crippen LogP contribution is 2.25. The van der Waals surface area contributed by atoms with E-state index in [2.05, 4.69) is 0 Å². The topological polar surface area (TPSA) is 66.9 Å². The second kappa shape index (κ2) is 7.82. The first kappa shape index (κ1) is 17.7. The fraction of sp³-hybridized carbons (Fsp3) is 0.250. The van der Waals surface area contributed by atoms with Crippen molar-refractivity contribution in [2.45, 2.75) is 13.0 Å². The summed E-state index contributed by atoms with van der Waals surface area (Å²) < 4.78 is 5.26. The van der Waals surface area contributed by atoms with Crippen molar-refractivity contribution >= 4 is 23.5 Å². The van der Waals surface area contributed by atoms with E-state index in [9.17, 15) is 14.4 Å². The molecule has 6 nitrogen and oxygen atoms in total. The zero-order valence-electron chi connectivity index (χ0n) is 14.6. The standard InChI is InChI=1S/C20H20N2O4/c1-21-13-18(23)22(17-10-6-5-9-16(17)20(21)25)12-11-19(24)26-14-15-7-3-2-4-8-15/h2-10H,11-14H2,1H3. The number of ether oxygens (including phenoxy) is 1. The highest BCUT2D eigenvalue weighted by molar-refractivity contribution is 6.09. The van der Waals surface area contributed by atoms with Gasteiger partial charge in [-0.2, -0.15) is 0 Å². The molecule has 2 aromatic carbocycles. The van der Waals surface area contributed by atoms with Crippen LogP contribution >= 0.6 is 0 Å². The fourth-order valence-corrected chi connectivity index (χ4v) is 2.85. The van der Waals surface area contributed by atoms with E-state index in [0.717, 1.165) is 5.56 Å². The molecule has 0 unspecified atom stereocenters. The number of hydrogen-bond acceptors (Lipinski definition) is 4. The molecule has 0 saturated carbocycles. The molecule has 3 rings (SSSR count). The van der Waals surface area contributed by atoms with Crippen LogP contribution in [0.3, 0.4) is 0 Å². The maximum Gasteiger partial charge on any atom is 0.307 e. The van der Waals surface area contributed by atoms with Gasteiger partial charge >= 0.3 is 5.97 Å². The smallest absolute Gasteiger partial charge is 0.307 e. The Labute approximate surface area is 152 Å². The van der Waals surface area contributed by atoms with E-state index in [1.54, 1.807) is 31.3 Å². The van der Waals surface area contributed by atoms with E-state index >= 15 is 0 Å². The van der Waals surface area contributed by atoms with Crippen molar-refractivity contribution in [1.29, 1.82) is 0 Å². The molecule has 0 fully saturated rings. The summed E-state index contributed by atoms with van der Waals surface area (Å²) in [6.45, 7) is 0.350. The third-order valence-corrected chi connectivity index (χ3v) is 4.23. The predicted octanol–water partition coefficient (Wildman–Crippen LogP) is 2.24. The van der Waals surface area contributed by atoms with E-state index in [1.807, 2.05) is 30.3 Å². The van der Waals surface area contributed by atoms with E-state index in [4.69, 9.17) is 4.74 Å². The van der Waals surface area contributed by atoms with Crippen molar-refractivity contribution in [2.75, 3.05) is 25.0 Å². The van der Waals surface area contributed by atoms with Gasteiger partial charge in [0.15, 0.2) is 0 Å². The Morgan fingerprint density at radius 3 is 2.50 bits per heavy atom. The molecular formula is C20H20N2O4. The normalized spacial score (nSPS) is 14.0. The second-order valence-corrected chi connectivity index (χ2v) is 6.12. The minimum absolute atomic E-state index is 0.0213. The molecular weight excluding hydrogens is 332 g/mol. The molecule has 0 aliphatic carbocycles. The Morgan fingerprint density at radius 2 is 1.73 bits per heavy atom. The molecule has 134 valence electrons. The van der Waals surface area contributed by atoms with Gasteiger partial charge in [0.2, 0.25) is 5.91 Å². The maximum absolute atomic E-state index is 12.5. The van der Waals surface area contributed by atoms with Gasteiger partial charge in [0.25, 0.3) is 5.91 Å². The number of esters is 1. The highest BCUT2D eigenvalue weighted by atomic mass is 16.5. The van der Waals surface area contributed by atoms with Gasteiger partial charge in [0.1, 0.15) is 13.2 Å². The molecule has 2 amide bonds. The first-order valence-electron chi connectivity index (χ1n) is 8.40. The molecule has 1 aliphatic rings. The number of nitrogens with zero attached hydrogens (tertiary/aromatic N) is 2. The lowest BCUT2D eigenvalue weighted by atomic mass is 10.1. The molecule has 0 N–H and O–H groups in total. The first-order valence-corrected chi connectivity index (χ1v) is 8.40. The van der Waals surface area contributed by atoms with Crippen LogP contribution in [0.25, 0.3) is 0 Å². The number of carbonyl (C=O) groups excluding carboxylic acids is 3. The van der Waals surface area contributed by atoms with Crippen molar-refractivity contribution in [1.82, 2.24) is 4.90 Å². The minimum Gasteiger partial charge on any atom is -0.461 e. The molecule has 1 heterocycles. The van der Waals surface area contributed by atoms with Crippen molar-refractivity contribution in [2.24, 2.45) is 0 Å². The zero-order valence-corrected chi connectivity index (χ0v) is 14.6. The van der Waals surface area contributed by atoms with Gasteiger partial charge in [-0.3, -0.25) is 14.4 Å². The number of anilines is 1. The summed E-state index contributed by atoms with van der Waals surface area (Å²) in [5.74, 6) is -0.812. The van der Waals surface area contributed by atoms with E-state index in [0.29, 0.717) is 11.3 Å². The summed E-state index contributed by atoms with van der Waals surface area (Å²) in [6.07, 6.45) is 0.0603. The van der Waals surface area contributed by atoms with E-state index in [-0.39, 0.29) is 43.9 Å². The Kier molecular flexibility index (Phi) is 5.31. The lowest BCUT2D eigenvalue weighted by Crippen LogP contribution is -2.38. The van der Waals surface area contributed by atoms with Crippen LogP contribution in [0.2, 0.25) is 0 Å². The van der Waals surface area contributed by atoms with Crippen LogP contribution in [0.4, 0.5) is 5.69 Å². The third-order valence-electron chi connectivity index (χ3n) is 4.23.